The second kappa shape index (κ2) is 13.6. The zero-order valence-electron chi connectivity index (χ0n) is 28.9. The van der Waals surface area contributed by atoms with Crippen LogP contribution in [0.3, 0.4) is 0 Å². The Morgan fingerprint density at radius 2 is 0.619 bits per heavy atom. The maximum absolute atomic E-state index is 6.73. The van der Waals surface area contributed by atoms with Crippen molar-refractivity contribution in [3.8, 4) is 0 Å². The Bertz CT molecular complexity index is 764. The fraction of sp³-hybridized carbons (Fsp3) is 1.00. The maximum atomic E-state index is 6.73. The molecule has 6 aliphatic carbocycles. The molecular formula is C38H70O2Si2. The molecule has 0 N–H and O–H groups in total. The van der Waals surface area contributed by atoms with Gasteiger partial charge in [-0.2, -0.15) is 0 Å². The molecule has 6 rings (SSSR count). The van der Waals surface area contributed by atoms with Crippen molar-refractivity contribution in [2.24, 2.45) is 59.2 Å². The van der Waals surface area contributed by atoms with Gasteiger partial charge in [0.2, 0.25) is 0 Å². The predicted molar refractivity (Wildman–Crippen MR) is 184 cm³/mol. The molecular weight excluding hydrogens is 545 g/mol. The van der Waals surface area contributed by atoms with E-state index in [1.165, 1.54) is 51.4 Å². The molecule has 0 aromatic heterocycles. The minimum absolute atomic E-state index is 0.598. The summed E-state index contributed by atoms with van der Waals surface area (Å²) in [5, 5.41) is 0. The molecule has 4 heteroatoms. The number of hydrogen-bond donors (Lipinski definition) is 0. The first-order chi connectivity index (χ1) is 20.0. The molecule has 0 aliphatic heterocycles. The normalized spacial score (nSPS) is 45.6. The summed E-state index contributed by atoms with van der Waals surface area (Å²) in [6.45, 7) is 14.4. The Hall–Kier alpha value is 0.354. The van der Waals surface area contributed by atoms with Gasteiger partial charge < -0.3 is 8.85 Å². The summed E-state index contributed by atoms with van der Waals surface area (Å²) in [5.41, 5.74) is 0. The lowest BCUT2D eigenvalue weighted by atomic mass is 9.56. The third-order valence-electron chi connectivity index (χ3n) is 13.8. The van der Waals surface area contributed by atoms with Gasteiger partial charge in [0.25, 0.3) is 0 Å². The zero-order valence-corrected chi connectivity index (χ0v) is 30.9. The van der Waals surface area contributed by atoms with Crippen LogP contribution in [-0.4, -0.2) is 28.8 Å². The van der Waals surface area contributed by atoms with Crippen molar-refractivity contribution in [3.05, 3.63) is 0 Å². The summed E-state index contributed by atoms with van der Waals surface area (Å²) >= 11 is 0. The summed E-state index contributed by atoms with van der Waals surface area (Å²) in [5.74, 6) is 10.2. The van der Waals surface area contributed by atoms with Gasteiger partial charge in [0.05, 0.1) is 0 Å². The smallest absolute Gasteiger partial charge is 0.184 e. The first kappa shape index (κ1) is 32.3. The molecule has 42 heavy (non-hydrogen) atoms. The lowest BCUT2D eigenvalue weighted by Gasteiger charge is -2.51. The first-order valence-corrected chi connectivity index (χ1v) is 26.2. The fourth-order valence-corrected chi connectivity index (χ4v) is 14.0. The zero-order chi connectivity index (χ0) is 29.5. The van der Waals surface area contributed by atoms with Gasteiger partial charge in [0.15, 0.2) is 16.6 Å². The molecule has 6 fully saturated rings. The number of hydrogen-bond acceptors (Lipinski definition) is 2. The van der Waals surface area contributed by atoms with Crippen LogP contribution in [0.2, 0.25) is 39.3 Å². The van der Waals surface area contributed by atoms with Crippen molar-refractivity contribution >= 4 is 16.6 Å². The number of rotatable bonds is 9. The molecule has 242 valence electrons. The Morgan fingerprint density at radius 3 is 0.929 bits per heavy atom. The molecule has 0 aromatic carbocycles. The lowest BCUT2D eigenvalue weighted by Crippen LogP contribution is -2.45. The van der Waals surface area contributed by atoms with E-state index in [-0.39, 0.29) is 0 Å². The standard InChI is InChI=1S/C38H70O2Si2/c1-41(2,3)39-37-13-9-7-11-35(37)33-23-31(24-33)29-19-15-27(16-20-29)28-17-21-30(22-18-28)32-25-34(26-32)36-12-8-10-14-38(36)40-42(4,5)6/h27-38H,7-26H2,1-6H3. The average molecular weight is 615 g/mol. The van der Waals surface area contributed by atoms with Gasteiger partial charge in [-0.1, -0.05) is 25.7 Å². The minimum Gasteiger partial charge on any atom is -0.414 e. The van der Waals surface area contributed by atoms with Gasteiger partial charge in [0, 0.05) is 12.2 Å². The summed E-state index contributed by atoms with van der Waals surface area (Å²) in [6.07, 6.45) is 31.2. The van der Waals surface area contributed by atoms with E-state index in [9.17, 15) is 0 Å². The van der Waals surface area contributed by atoms with Crippen molar-refractivity contribution in [2.45, 2.75) is 180 Å². The van der Waals surface area contributed by atoms with E-state index < -0.39 is 16.6 Å². The molecule has 6 saturated carbocycles. The maximum Gasteiger partial charge on any atom is 0.184 e. The molecule has 0 spiro atoms. The highest BCUT2D eigenvalue weighted by atomic mass is 28.4. The van der Waals surface area contributed by atoms with Gasteiger partial charge in [-0.3, -0.25) is 0 Å². The van der Waals surface area contributed by atoms with Crippen LogP contribution < -0.4 is 0 Å². The second-order valence-electron chi connectivity index (χ2n) is 18.8. The van der Waals surface area contributed by atoms with Crippen molar-refractivity contribution in [1.29, 1.82) is 0 Å². The van der Waals surface area contributed by atoms with Crippen molar-refractivity contribution in [1.82, 2.24) is 0 Å². The highest BCUT2D eigenvalue weighted by molar-refractivity contribution is 6.70. The first-order valence-electron chi connectivity index (χ1n) is 19.4. The molecule has 6 aliphatic rings. The molecule has 4 atom stereocenters. The molecule has 0 aromatic rings. The van der Waals surface area contributed by atoms with E-state index in [0.29, 0.717) is 12.2 Å². The summed E-state index contributed by atoms with van der Waals surface area (Å²) < 4.78 is 13.5. The van der Waals surface area contributed by atoms with E-state index in [2.05, 4.69) is 39.3 Å². The SMILES string of the molecule is C[Si](C)(C)OC1CCCCC1C1CC(C2CCC(C3CCC(C4CC(C5CCCCC5O[Si](C)(C)C)C4)CC3)CC2)C1. The van der Waals surface area contributed by atoms with Crippen LogP contribution in [0.4, 0.5) is 0 Å². The quantitative estimate of drug-likeness (QED) is 0.241. The third kappa shape index (κ3) is 8.01. The monoisotopic (exact) mass is 614 g/mol. The third-order valence-corrected chi connectivity index (χ3v) is 15.8. The summed E-state index contributed by atoms with van der Waals surface area (Å²) in [4.78, 5) is 0. The minimum atomic E-state index is -1.43. The van der Waals surface area contributed by atoms with Gasteiger partial charge >= 0.3 is 0 Å². The van der Waals surface area contributed by atoms with Gasteiger partial charge in [-0.15, -0.1) is 0 Å². The van der Waals surface area contributed by atoms with Crippen LogP contribution in [-0.2, 0) is 8.85 Å². The Morgan fingerprint density at radius 1 is 0.333 bits per heavy atom. The van der Waals surface area contributed by atoms with Crippen LogP contribution in [0.25, 0.3) is 0 Å². The summed E-state index contributed by atoms with van der Waals surface area (Å²) in [6, 6.07) is 0. The van der Waals surface area contributed by atoms with Crippen LogP contribution in [0, 0.1) is 59.2 Å². The van der Waals surface area contributed by atoms with Crippen LogP contribution in [0.5, 0.6) is 0 Å². The van der Waals surface area contributed by atoms with Gasteiger partial charge in [-0.05, 0) is 201 Å². The average Bonchev–Trinajstić information content (AvgIpc) is 2.88. The Balaban J connectivity index is 0.883. The van der Waals surface area contributed by atoms with Crippen molar-refractivity contribution in [3.63, 3.8) is 0 Å². The van der Waals surface area contributed by atoms with Crippen molar-refractivity contribution < 1.29 is 8.85 Å². The molecule has 0 saturated heterocycles. The van der Waals surface area contributed by atoms with Gasteiger partial charge in [-0.25, -0.2) is 0 Å². The highest BCUT2D eigenvalue weighted by Crippen LogP contribution is 2.55. The Labute approximate surface area is 263 Å². The van der Waals surface area contributed by atoms with E-state index in [0.717, 1.165) is 59.2 Å². The van der Waals surface area contributed by atoms with E-state index in [1.807, 2.05) is 0 Å². The lowest BCUT2D eigenvalue weighted by molar-refractivity contribution is -0.0277. The van der Waals surface area contributed by atoms with Crippen molar-refractivity contribution in [2.75, 3.05) is 0 Å². The summed E-state index contributed by atoms with van der Waals surface area (Å²) in [7, 11) is -2.86. The van der Waals surface area contributed by atoms with E-state index >= 15 is 0 Å². The van der Waals surface area contributed by atoms with E-state index in [1.54, 1.807) is 77.0 Å². The topological polar surface area (TPSA) is 18.5 Å². The molecule has 0 radical (unpaired) electrons. The largest absolute Gasteiger partial charge is 0.414 e. The fourth-order valence-electron chi connectivity index (χ4n) is 11.6. The molecule has 4 unspecified atom stereocenters. The van der Waals surface area contributed by atoms with E-state index in [4.69, 9.17) is 8.85 Å². The second-order valence-corrected chi connectivity index (χ2v) is 27.7. The van der Waals surface area contributed by atoms with Crippen LogP contribution in [0.15, 0.2) is 0 Å². The predicted octanol–water partition coefficient (Wildman–Crippen LogP) is 11.5. The van der Waals surface area contributed by atoms with Crippen LogP contribution >= 0.6 is 0 Å². The molecule has 0 bridgehead atoms. The Kier molecular flexibility index (Phi) is 10.5. The molecule has 0 amide bonds. The molecule has 0 heterocycles. The van der Waals surface area contributed by atoms with Gasteiger partial charge in [0.1, 0.15) is 0 Å². The highest BCUT2D eigenvalue weighted by Gasteiger charge is 2.46. The molecule has 2 nitrogen and oxygen atoms in total. The van der Waals surface area contributed by atoms with Crippen LogP contribution in [0.1, 0.15) is 128 Å².